The molecule has 2 rings (SSSR count). The Labute approximate surface area is 181 Å². The quantitative estimate of drug-likeness (QED) is 0.368. The predicted octanol–water partition coefficient (Wildman–Crippen LogP) is 3.53. The molecule has 1 aromatic rings. The van der Waals surface area contributed by atoms with Crippen molar-refractivity contribution in [1.82, 2.24) is 15.5 Å². The number of guanidine groups is 1. The minimum Gasteiger partial charge on any atom is -0.356 e. The van der Waals surface area contributed by atoms with Crippen molar-refractivity contribution in [3.05, 3.63) is 35.4 Å². The number of rotatable bonds is 6. The molecule has 1 aliphatic rings. The molecule has 152 valence electrons. The molecule has 1 unspecified atom stereocenters. The molecule has 0 saturated heterocycles. The molecule has 0 radical (unpaired) electrons. The molecule has 1 aromatic carbocycles. The lowest BCUT2D eigenvalue weighted by Crippen LogP contribution is -2.49. The monoisotopic (exact) mass is 486 g/mol. The van der Waals surface area contributed by atoms with Gasteiger partial charge in [-0.25, -0.2) is 0 Å². The zero-order valence-electron chi connectivity index (χ0n) is 17.3. The molecule has 0 spiro atoms. The van der Waals surface area contributed by atoms with Crippen molar-refractivity contribution < 1.29 is 4.79 Å². The van der Waals surface area contributed by atoms with Crippen molar-refractivity contribution >= 4 is 35.8 Å². The number of aliphatic imine (C=N–C) groups is 1. The normalized spacial score (nSPS) is 17.0. The Hall–Kier alpha value is -1.31. The van der Waals surface area contributed by atoms with Gasteiger partial charge in [-0.05, 0) is 31.2 Å². The van der Waals surface area contributed by atoms with Gasteiger partial charge >= 0.3 is 0 Å². The van der Waals surface area contributed by atoms with Gasteiger partial charge in [0.05, 0.1) is 5.41 Å². The summed E-state index contributed by atoms with van der Waals surface area (Å²) in [6, 6.07) is 8.61. The Morgan fingerprint density at radius 3 is 2.48 bits per heavy atom. The third-order valence-corrected chi connectivity index (χ3v) is 5.43. The third-order valence-electron chi connectivity index (χ3n) is 5.43. The second kappa shape index (κ2) is 10.9. The summed E-state index contributed by atoms with van der Waals surface area (Å²) in [4.78, 5) is 18.7. The average Bonchev–Trinajstić information content (AvgIpc) is 3.11. The summed E-state index contributed by atoms with van der Waals surface area (Å²) in [5, 5.41) is 6.81. The van der Waals surface area contributed by atoms with Crippen LogP contribution in [0.15, 0.2) is 29.3 Å². The van der Waals surface area contributed by atoms with Crippen LogP contribution in [0.2, 0.25) is 0 Å². The Balaban J connectivity index is 0.00000364. The van der Waals surface area contributed by atoms with Crippen molar-refractivity contribution in [2.75, 3.05) is 34.2 Å². The van der Waals surface area contributed by atoms with E-state index in [1.165, 1.54) is 11.1 Å². The molecule has 27 heavy (non-hydrogen) atoms. The van der Waals surface area contributed by atoms with Crippen molar-refractivity contribution in [2.45, 2.75) is 45.4 Å². The molecule has 1 aliphatic carbocycles. The van der Waals surface area contributed by atoms with Crippen LogP contribution in [-0.4, -0.2) is 51.0 Å². The number of nitrogens with one attached hydrogen (secondary N) is 2. The van der Waals surface area contributed by atoms with Crippen LogP contribution in [-0.2, 0) is 4.79 Å². The summed E-state index contributed by atoms with van der Waals surface area (Å²) in [6.07, 6.45) is 4.15. The van der Waals surface area contributed by atoms with Gasteiger partial charge in [-0.2, -0.15) is 0 Å². The first kappa shape index (κ1) is 23.7. The van der Waals surface area contributed by atoms with Gasteiger partial charge in [-0.1, -0.05) is 49.6 Å². The summed E-state index contributed by atoms with van der Waals surface area (Å²) in [5.74, 6) is 1.38. The molecule has 1 fully saturated rings. The van der Waals surface area contributed by atoms with Gasteiger partial charge in [0.25, 0.3) is 0 Å². The minimum absolute atomic E-state index is 0. The molecule has 2 N–H and O–H groups in total. The fourth-order valence-electron chi connectivity index (χ4n) is 3.81. The molecular formula is C21H35IN4O. The van der Waals surface area contributed by atoms with Gasteiger partial charge < -0.3 is 15.5 Å². The van der Waals surface area contributed by atoms with E-state index in [1.807, 2.05) is 14.1 Å². The van der Waals surface area contributed by atoms with Crippen LogP contribution in [0.3, 0.4) is 0 Å². The molecule has 0 bridgehead atoms. The van der Waals surface area contributed by atoms with Crippen LogP contribution in [0.5, 0.6) is 0 Å². The first-order chi connectivity index (χ1) is 12.4. The van der Waals surface area contributed by atoms with E-state index in [1.54, 1.807) is 11.9 Å². The summed E-state index contributed by atoms with van der Waals surface area (Å²) >= 11 is 0. The highest BCUT2D eigenvalue weighted by Gasteiger charge is 2.42. The van der Waals surface area contributed by atoms with E-state index in [4.69, 9.17) is 0 Å². The summed E-state index contributed by atoms with van der Waals surface area (Å²) in [6.45, 7) is 5.77. The number of amides is 1. The smallest absolute Gasteiger partial charge is 0.230 e. The Morgan fingerprint density at radius 2 is 1.93 bits per heavy atom. The minimum atomic E-state index is -0.288. The Kier molecular flexibility index (Phi) is 9.56. The fourth-order valence-corrected chi connectivity index (χ4v) is 3.81. The Bertz CT molecular complexity index is 639. The van der Waals surface area contributed by atoms with Crippen molar-refractivity contribution in [3.8, 4) is 0 Å². The average molecular weight is 486 g/mol. The van der Waals surface area contributed by atoms with E-state index < -0.39 is 0 Å². The first-order valence-electron chi connectivity index (χ1n) is 9.61. The van der Waals surface area contributed by atoms with E-state index in [9.17, 15) is 4.79 Å². The van der Waals surface area contributed by atoms with Gasteiger partial charge in [0, 0.05) is 34.2 Å². The number of carbonyl (C=O) groups excluding carboxylic acids is 1. The number of nitrogens with zero attached hydrogens (tertiary/aromatic N) is 2. The van der Waals surface area contributed by atoms with E-state index >= 15 is 0 Å². The van der Waals surface area contributed by atoms with Crippen LogP contribution in [0, 0.1) is 12.3 Å². The van der Waals surface area contributed by atoms with Gasteiger partial charge in [-0.15, -0.1) is 24.0 Å². The van der Waals surface area contributed by atoms with Gasteiger partial charge in [-0.3, -0.25) is 9.79 Å². The summed E-state index contributed by atoms with van der Waals surface area (Å²) in [7, 11) is 5.47. The maximum absolute atomic E-state index is 12.7. The molecular weight excluding hydrogens is 451 g/mol. The van der Waals surface area contributed by atoms with Crippen molar-refractivity contribution in [2.24, 2.45) is 10.4 Å². The van der Waals surface area contributed by atoms with Crippen molar-refractivity contribution in [3.63, 3.8) is 0 Å². The molecule has 0 aliphatic heterocycles. The van der Waals surface area contributed by atoms with Crippen molar-refractivity contribution in [1.29, 1.82) is 0 Å². The topological polar surface area (TPSA) is 56.7 Å². The molecule has 1 amide bonds. The maximum atomic E-state index is 12.7. The van der Waals surface area contributed by atoms with Crippen LogP contribution in [0.25, 0.3) is 0 Å². The highest BCUT2D eigenvalue weighted by Crippen LogP contribution is 2.38. The first-order valence-corrected chi connectivity index (χ1v) is 9.61. The lowest BCUT2D eigenvalue weighted by molar-refractivity contribution is -0.138. The molecule has 5 nitrogen and oxygen atoms in total. The number of benzene rings is 1. The van der Waals surface area contributed by atoms with E-state index in [2.05, 4.69) is 53.7 Å². The number of aryl methyl sites for hydroxylation is 1. The van der Waals surface area contributed by atoms with Crippen LogP contribution >= 0.6 is 24.0 Å². The standard InChI is InChI=1S/C21H34N4O.HI/c1-16-9-8-10-18(13-16)17(2)14-23-20(22-3)24-15-21(11-6-7-12-21)19(26)25(4)5;/h8-10,13,17H,6-7,11-12,14-15H2,1-5H3,(H2,22,23,24);1H. The summed E-state index contributed by atoms with van der Waals surface area (Å²) in [5.41, 5.74) is 2.31. The van der Waals surface area contributed by atoms with E-state index in [0.29, 0.717) is 12.5 Å². The van der Waals surface area contributed by atoms with Crippen LogP contribution in [0.4, 0.5) is 0 Å². The lowest BCUT2D eigenvalue weighted by atomic mass is 9.84. The molecule has 1 atom stereocenters. The zero-order valence-corrected chi connectivity index (χ0v) is 19.7. The molecule has 0 aromatic heterocycles. The highest BCUT2D eigenvalue weighted by atomic mass is 127. The summed E-state index contributed by atoms with van der Waals surface area (Å²) < 4.78 is 0. The van der Waals surface area contributed by atoms with Crippen LogP contribution < -0.4 is 10.6 Å². The van der Waals surface area contributed by atoms with E-state index in [0.717, 1.165) is 38.2 Å². The molecule has 0 heterocycles. The molecule has 6 heteroatoms. The second-order valence-electron chi connectivity index (χ2n) is 7.81. The predicted molar refractivity (Wildman–Crippen MR) is 124 cm³/mol. The highest BCUT2D eigenvalue weighted by molar-refractivity contribution is 14.0. The number of carbonyl (C=O) groups is 1. The van der Waals surface area contributed by atoms with E-state index in [-0.39, 0.29) is 35.3 Å². The largest absolute Gasteiger partial charge is 0.356 e. The number of hydrogen-bond acceptors (Lipinski definition) is 2. The van der Waals surface area contributed by atoms with Gasteiger partial charge in [0.2, 0.25) is 5.91 Å². The lowest BCUT2D eigenvalue weighted by Gasteiger charge is -2.31. The third kappa shape index (κ3) is 6.36. The molecule has 1 saturated carbocycles. The maximum Gasteiger partial charge on any atom is 0.230 e. The van der Waals surface area contributed by atoms with Gasteiger partial charge in [0.15, 0.2) is 5.96 Å². The second-order valence-corrected chi connectivity index (χ2v) is 7.81. The zero-order chi connectivity index (χ0) is 19.2. The SMILES string of the molecule is CN=C(NCC(C)c1cccc(C)c1)NCC1(C(=O)N(C)C)CCCC1.I. The number of halogens is 1. The fraction of sp³-hybridized carbons (Fsp3) is 0.619. The Morgan fingerprint density at radius 1 is 1.26 bits per heavy atom. The number of hydrogen-bond donors (Lipinski definition) is 2. The van der Waals surface area contributed by atoms with Crippen LogP contribution in [0.1, 0.15) is 49.7 Å². The van der Waals surface area contributed by atoms with Gasteiger partial charge in [0.1, 0.15) is 0 Å².